The summed E-state index contributed by atoms with van der Waals surface area (Å²) in [5.41, 5.74) is 1.14. The van der Waals surface area contributed by atoms with Crippen LogP contribution in [0.5, 0.6) is 0 Å². The van der Waals surface area contributed by atoms with Crippen molar-refractivity contribution in [1.82, 2.24) is 4.90 Å². The van der Waals surface area contributed by atoms with Crippen molar-refractivity contribution in [2.24, 2.45) is 5.92 Å². The standard InChI is InChI=1S/C23H23F2N3O3S/c24-23(25)32-18-8-6-17(7-9-18)28-20(29)14-19(22(28)31)27-12-10-15(11-13-27)21(30)26-16-4-2-1-3-5-16/h1-9,15,19,23H,10-14H2,(H,26,30)/t19-/m0/s1. The number of nitrogens with zero attached hydrogens (tertiary/aromatic N) is 2. The van der Waals surface area contributed by atoms with E-state index in [2.05, 4.69) is 5.32 Å². The number of para-hydroxylation sites is 1. The third-order valence-electron chi connectivity index (χ3n) is 5.83. The van der Waals surface area contributed by atoms with Gasteiger partial charge in [0.25, 0.3) is 11.7 Å². The van der Waals surface area contributed by atoms with Crippen LogP contribution in [0.2, 0.25) is 0 Å². The molecule has 2 aromatic rings. The number of anilines is 2. The Hall–Kier alpha value is -2.78. The molecule has 1 atom stereocenters. The van der Waals surface area contributed by atoms with Crippen LogP contribution in [0.4, 0.5) is 20.2 Å². The van der Waals surface area contributed by atoms with Gasteiger partial charge in [-0.05, 0) is 62.3 Å². The minimum absolute atomic E-state index is 0.0342. The molecule has 0 aliphatic carbocycles. The molecule has 6 nitrogen and oxygen atoms in total. The lowest BCUT2D eigenvalue weighted by molar-refractivity contribution is -0.123. The average molecular weight is 460 g/mol. The Morgan fingerprint density at radius 1 is 1.00 bits per heavy atom. The van der Waals surface area contributed by atoms with Gasteiger partial charge in [-0.1, -0.05) is 30.0 Å². The Morgan fingerprint density at radius 2 is 1.66 bits per heavy atom. The first-order chi connectivity index (χ1) is 15.4. The van der Waals surface area contributed by atoms with Gasteiger partial charge < -0.3 is 5.32 Å². The first-order valence-electron chi connectivity index (χ1n) is 10.4. The molecular weight excluding hydrogens is 436 g/mol. The maximum atomic E-state index is 13.0. The number of imide groups is 1. The number of alkyl halides is 2. The van der Waals surface area contributed by atoms with Gasteiger partial charge in [-0.15, -0.1) is 0 Å². The predicted octanol–water partition coefficient (Wildman–Crippen LogP) is 3.98. The summed E-state index contributed by atoms with van der Waals surface area (Å²) in [5, 5.41) is 2.92. The van der Waals surface area contributed by atoms with E-state index >= 15 is 0 Å². The summed E-state index contributed by atoms with van der Waals surface area (Å²) in [5.74, 6) is -3.32. The van der Waals surface area contributed by atoms with Crippen molar-refractivity contribution >= 4 is 40.9 Å². The maximum Gasteiger partial charge on any atom is 0.288 e. The first-order valence-corrected chi connectivity index (χ1v) is 11.3. The Balaban J connectivity index is 1.35. The summed E-state index contributed by atoms with van der Waals surface area (Å²) < 4.78 is 25.0. The van der Waals surface area contributed by atoms with Crippen molar-refractivity contribution < 1.29 is 23.2 Å². The van der Waals surface area contributed by atoms with Crippen LogP contribution in [-0.2, 0) is 14.4 Å². The molecule has 0 spiro atoms. The number of thioether (sulfide) groups is 1. The molecule has 4 rings (SSSR count). The molecule has 2 aliphatic heterocycles. The number of amides is 3. The van der Waals surface area contributed by atoms with Crippen LogP contribution in [0, 0.1) is 5.92 Å². The highest BCUT2D eigenvalue weighted by Crippen LogP contribution is 2.31. The fourth-order valence-electron chi connectivity index (χ4n) is 4.19. The van der Waals surface area contributed by atoms with Gasteiger partial charge in [-0.3, -0.25) is 19.3 Å². The molecule has 0 radical (unpaired) electrons. The Kier molecular flexibility index (Phi) is 6.86. The van der Waals surface area contributed by atoms with Gasteiger partial charge in [0.05, 0.1) is 18.2 Å². The first kappa shape index (κ1) is 22.4. The normalized spacial score (nSPS) is 20.2. The van der Waals surface area contributed by atoms with Gasteiger partial charge in [0.15, 0.2) is 0 Å². The number of benzene rings is 2. The second-order valence-corrected chi connectivity index (χ2v) is 8.89. The molecule has 0 bridgehead atoms. The monoisotopic (exact) mass is 459 g/mol. The SMILES string of the molecule is O=C(Nc1ccccc1)C1CCN([C@H]2CC(=O)N(c3ccc(SC(F)F)cc3)C2=O)CC1. The fourth-order valence-corrected chi connectivity index (χ4v) is 4.69. The van der Waals surface area contributed by atoms with Crippen LogP contribution in [0.3, 0.4) is 0 Å². The van der Waals surface area contributed by atoms with Crippen LogP contribution in [-0.4, -0.2) is 47.5 Å². The largest absolute Gasteiger partial charge is 0.326 e. The van der Waals surface area contributed by atoms with Crippen LogP contribution in [0.15, 0.2) is 59.5 Å². The number of carbonyl (C=O) groups excluding carboxylic acids is 3. The molecule has 0 unspecified atom stereocenters. The van der Waals surface area contributed by atoms with Gasteiger partial charge in [0.1, 0.15) is 0 Å². The fraction of sp³-hybridized carbons (Fsp3) is 0.348. The van der Waals surface area contributed by atoms with Crippen LogP contribution in [0.25, 0.3) is 0 Å². The van der Waals surface area contributed by atoms with Crippen molar-refractivity contribution in [3.8, 4) is 0 Å². The molecule has 3 amide bonds. The molecule has 2 saturated heterocycles. The lowest BCUT2D eigenvalue weighted by Gasteiger charge is -2.34. The van der Waals surface area contributed by atoms with E-state index in [9.17, 15) is 23.2 Å². The molecule has 0 saturated carbocycles. The molecule has 2 heterocycles. The smallest absolute Gasteiger partial charge is 0.288 e. The van der Waals surface area contributed by atoms with Crippen molar-refractivity contribution in [3.63, 3.8) is 0 Å². The summed E-state index contributed by atoms with van der Waals surface area (Å²) in [7, 11) is 0. The van der Waals surface area contributed by atoms with Gasteiger partial charge in [-0.25, -0.2) is 4.90 Å². The zero-order chi connectivity index (χ0) is 22.7. The summed E-state index contributed by atoms with van der Waals surface area (Å²) in [6.45, 7) is 1.10. The number of hydrogen-bond donors (Lipinski definition) is 1. The number of hydrogen-bond acceptors (Lipinski definition) is 5. The number of nitrogens with one attached hydrogen (secondary N) is 1. The Labute approximate surface area is 188 Å². The quantitative estimate of drug-likeness (QED) is 0.523. The van der Waals surface area contributed by atoms with E-state index in [0.29, 0.717) is 48.3 Å². The van der Waals surface area contributed by atoms with E-state index in [1.54, 1.807) is 0 Å². The van der Waals surface area contributed by atoms with Crippen molar-refractivity contribution in [2.75, 3.05) is 23.3 Å². The van der Waals surface area contributed by atoms with Gasteiger partial charge in [-0.2, -0.15) is 8.78 Å². The molecule has 2 fully saturated rings. The third kappa shape index (κ3) is 4.99. The molecule has 1 N–H and O–H groups in total. The van der Waals surface area contributed by atoms with Gasteiger partial charge in [0, 0.05) is 16.5 Å². The highest BCUT2D eigenvalue weighted by Gasteiger charge is 2.43. The summed E-state index contributed by atoms with van der Waals surface area (Å²) in [6.07, 6.45) is 1.29. The van der Waals surface area contributed by atoms with Crippen molar-refractivity contribution in [1.29, 1.82) is 0 Å². The van der Waals surface area contributed by atoms with E-state index in [-0.39, 0.29) is 30.1 Å². The number of piperidine rings is 1. The maximum absolute atomic E-state index is 13.0. The topological polar surface area (TPSA) is 69.7 Å². The Morgan fingerprint density at radius 3 is 2.28 bits per heavy atom. The van der Waals surface area contributed by atoms with E-state index in [4.69, 9.17) is 0 Å². The number of halogens is 2. The zero-order valence-corrected chi connectivity index (χ0v) is 18.1. The molecule has 0 aromatic heterocycles. The lowest BCUT2D eigenvalue weighted by atomic mass is 9.94. The molecule has 2 aromatic carbocycles. The minimum atomic E-state index is -2.53. The number of rotatable bonds is 6. The van der Waals surface area contributed by atoms with Crippen molar-refractivity contribution in [2.45, 2.75) is 36.0 Å². The molecule has 9 heteroatoms. The number of carbonyl (C=O) groups is 3. The summed E-state index contributed by atoms with van der Waals surface area (Å²) >= 11 is 0.415. The molecular formula is C23H23F2N3O3S. The highest BCUT2D eigenvalue weighted by atomic mass is 32.2. The molecule has 32 heavy (non-hydrogen) atoms. The van der Waals surface area contributed by atoms with E-state index in [1.807, 2.05) is 35.2 Å². The van der Waals surface area contributed by atoms with E-state index in [1.165, 1.54) is 24.3 Å². The molecule has 2 aliphatic rings. The average Bonchev–Trinajstić information content (AvgIpc) is 3.08. The van der Waals surface area contributed by atoms with Gasteiger partial charge >= 0.3 is 0 Å². The summed E-state index contributed by atoms with van der Waals surface area (Å²) in [4.78, 5) is 41.6. The summed E-state index contributed by atoms with van der Waals surface area (Å²) in [6, 6.07) is 14.7. The van der Waals surface area contributed by atoms with Gasteiger partial charge in [0.2, 0.25) is 11.8 Å². The Bertz CT molecular complexity index is 980. The van der Waals surface area contributed by atoms with Crippen LogP contribution in [0.1, 0.15) is 19.3 Å². The van der Waals surface area contributed by atoms with Crippen LogP contribution < -0.4 is 10.2 Å². The zero-order valence-electron chi connectivity index (χ0n) is 17.2. The van der Waals surface area contributed by atoms with E-state index in [0.717, 1.165) is 10.6 Å². The lowest BCUT2D eigenvalue weighted by Crippen LogP contribution is -2.47. The third-order valence-corrected chi connectivity index (χ3v) is 6.55. The predicted molar refractivity (Wildman–Crippen MR) is 119 cm³/mol. The van der Waals surface area contributed by atoms with E-state index < -0.39 is 11.8 Å². The second-order valence-electron chi connectivity index (χ2n) is 7.83. The van der Waals surface area contributed by atoms with Crippen molar-refractivity contribution in [3.05, 3.63) is 54.6 Å². The number of likely N-dealkylation sites (tertiary alicyclic amines) is 1. The highest BCUT2D eigenvalue weighted by molar-refractivity contribution is 7.99. The minimum Gasteiger partial charge on any atom is -0.326 e. The second kappa shape index (κ2) is 9.79. The van der Waals surface area contributed by atoms with Crippen LogP contribution >= 0.6 is 11.8 Å². The molecule has 168 valence electrons.